The third-order valence-electron chi connectivity index (χ3n) is 3.19. The lowest BCUT2D eigenvalue weighted by Gasteiger charge is -2.31. The van der Waals surface area contributed by atoms with Crippen molar-refractivity contribution in [2.24, 2.45) is 10.8 Å². The summed E-state index contributed by atoms with van der Waals surface area (Å²) in [5.74, 6) is 0. The molecule has 0 unspecified atom stereocenters. The Labute approximate surface area is 89.2 Å². The molecule has 0 spiro atoms. The zero-order valence-corrected chi connectivity index (χ0v) is 10.4. The second-order valence-electron chi connectivity index (χ2n) is 6.38. The van der Waals surface area contributed by atoms with Crippen molar-refractivity contribution in [3.8, 4) is 0 Å². The van der Waals surface area contributed by atoms with Gasteiger partial charge in [0.1, 0.15) is 0 Å². The van der Waals surface area contributed by atoms with Crippen LogP contribution in [0.4, 0.5) is 0 Å². The van der Waals surface area contributed by atoms with E-state index in [0.29, 0.717) is 10.8 Å². The lowest BCUT2D eigenvalue weighted by Crippen LogP contribution is -2.26. The fourth-order valence-electron chi connectivity index (χ4n) is 2.13. The molecule has 1 aliphatic heterocycles. The van der Waals surface area contributed by atoms with Gasteiger partial charge >= 0.3 is 0 Å². The Bertz CT molecular complexity index is 152. The molecular formula is C13H26O. The number of ether oxygens (including phenoxy) is 1. The quantitative estimate of drug-likeness (QED) is 0.571. The molecule has 84 valence electrons. The second kappa shape index (κ2) is 4.65. The van der Waals surface area contributed by atoms with E-state index < -0.39 is 0 Å². The Hall–Kier alpha value is -0.0400. The van der Waals surface area contributed by atoms with Gasteiger partial charge in [0.25, 0.3) is 0 Å². The molecule has 0 atom stereocenters. The fourth-order valence-corrected chi connectivity index (χ4v) is 2.13. The van der Waals surface area contributed by atoms with E-state index in [1.807, 2.05) is 0 Å². The molecule has 1 nitrogen and oxygen atoms in total. The van der Waals surface area contributed by atoms with Crippen LogP contribution in [0.15, 0.2) is 0 Å². The van der Waals surface area contributed by atoms with Crippen LogP contribution in [0, 0.1) is 10.8 Å². The maximum Gasteiger partial charge on any atom is 0.0517 e. The molecule has 0 N–H and O–H groups in total. The molecule has 1 heteroatoms. The first-order valence-corrected chi connectivity index (χ1v) is 5.99. The summed E-state index contributed by atoms with van der Waals surface area (Å²) >= 11 is 0. The van der Waals surface area contributed by atoms with Gasteiger partial charge in [0.05, 0.1) is 13.2 Å². The van der Waals surface area contributed by atoms with Crippen LogP contribution in [0.2, 0.25) is 0 Å². The number of rotatable bonds is 0. The predicted octanol–water partition coefficient (Wildman–Crippen LogP) is 4.02. The summed E-state index contributed by atoms with van der Waals surface area (Å²) in [5.41, 5.74) is 0.765. The lowest BCUT2D eigenvalue weighted by molar-refractivity contribution is 0.00353. The normalized spacial score (nSPS) is 28.3. The van der Waals surface area contributed by atoms with E-state index in [9.17, 15) is 0 Å². The van der Waals surface area contributed by atoms with Gasteiger partial charge in [-0.25, -0.2) is 0 Å². The summed E-state index contributed by atoms with van der Waals surface area (Å²) < 4.78 is 5.84. The Morgan fingerprint density at radius 2 is 1.14 bits per heavy atom. The maximum atomic E-state index is 5.84. The first kappa shape index (κ1) is 12.0. The van der Waals surface area contributed by atoms with Crippen molar-refractivity contribution in [1.29, 1.82) is 0 Å². The van der Waals surface area contributed by atoms with Crippen LogP contribution in [0.3, 0.4) is 0 Å². The monoisotopic (exact) mass is 198 g/mol. The lowest BCUT2D eigenvalue weighted by atomic mass is 9.83. The molecule has 1 fully saturated rings. The zero-order chi connectivity index (χ0) is 10.7. The van der Waals surface area contributed by atoms with E-state index in [1.165, 1.54) is 32.1 Å². The van der Waals surface area contributed by atoms with Gasteiger partial charge in [-0.2, -0.15) is 0 Å². The molecular weight excluding hydrogens is 172 g/mol. The summed E-state index contributed by atoms with van der Waals surface area (Å²) in [7, 11) is 0. The van der Waals surface area contributed by atoms with Crippen LogP contribution in [0.25, 0.3) is 0 Å². The van der Waals surface area contributed by atoms with Crippen LogP contribution in [0.1, 0.15) is 59.8 Å². The van der Waals surface area contributed by atoms with Gasteiger partial charge in [-0.05, 0) is 23.7 Å². The average Bonchev–Trinajstić information content (AvgIpc) is 2.01. The minimum absolute atomic E-state index is 0.382. The third-order valence-corrected chi connectivity index (χ3v) is 3.19. The first-order valence-electron chi connectivity index (χ1n) is 5.99. The highest BCUT2D eigenvalue weighted by atomic mass is 16.5. The largest absolute Gasteiger partial charge is 0.380 e. The molecule has 14 heavy (non-hydrogen) atoms. The van der Waals surface area contributed by atoms with E-state index in [4.69, 9.17) is 4.74 Å². The minimum atomic E-state index is 0.382. The van der Waals surface area contributed by atoms with E-state index in [0.717, 1.165) is 13.2 Å². The molecule has 0 aromatic carbocycles. The van der Waals surface area contributed by atoms with Gasteiger partial charge in [0.15, 0.2) is 0 Å². The molecule has 0 aromatic heterocycles. The molecule has 1 heterocycles. The summed E-state index contributed by atoms with van der Waals surface area (Å²) in [6, 6.07) is 0. The van der Waals surface area contributed by atoms with Gasteiger partial charge in [-0.3, -0.25) is 0 Å². The molecule has 0 saturated carbocycles. The number of hydrogen-bond acceptors (Lipinski definition) is 1. The highest BCUT2D eigenvalue weighted by Gasteiger charge is 2.23. The summed E-state index contributed by atoms with van der Waals surface area (Å²) in [6.45, 7) is 11.1. The number of hydrogen-bond donors (Lipinski definition) is 0. The molecule has 0 aliphatic carbocycles. The Kier molecular flexibility index (Phi) is 4.00. The van der Waals surface area contributed by atoms with E-state index in [1.54, 1.807) is 0 Å². The standard InChI is InChI=1S/C13H26O/c1-12(2)8-6-5-7-9-13(3,4)11-14-10-12/h5-11H2,1-4H3. The van der Waals surface area contributed by atoms with Crippen molar-refractivity contribution in [3.63, 3.8) is 0 Å². The summed E-state index contributed by atoms with van der Waals surface area (Å²) in [5, 5.41) is 0. The zero-order valence-electron chi connectivity index (χ0n) is 10.4. The Balaban J connectivity index is 2.46. The molecule has 1 rings (SSSR count). The fraction of sp³-hybridized carbons (Fsp3) is 1.00. The van der Waals surface area contributed by atoms with Crippen molar-refractivity contribution < 1.29 is 4.74 Å². The molecule has 0 radical (unpaired) electrons. The molecule has 0 amide bonds. The van der Waals surface area contributed by atoms with Gasteiger partial charge in [0.2, 0.25) is 0 Å². The van der Waals surface area contributed by atoms with Crippen molar-refractivity contribution in [2.45, 2.75) is 59.8 Å². The smallest absolute Gasteiger partial charge is 0.0517 e. The third kappa shape index (κ3) is 4.45. The van der Waals surface area contributed by atoms with Crippen molar-refractivity contribution in [1.82, 2.24) is 0 Å². The SMILES string of the molecule is CC1(C)CCCCCC(C)(C)COC1. The minimum Gasteiger partial charge on any atom is -0.380 e. The predicted molar refractivity (Wildman–Crippen MR) is 61.5 cm³/mol. The van der Waals surface area contributed by atoms with Crippen molar-refractivity contribution in [3.05, 3.63) is 0 Å². The van der Waals surface area contributed by atoms with Crippen LogP contribution in [-0.4, -0.2) is 13.2 Å². The van der Waals surface area contributed by atoms with Crippen molar-refractivity contribution >= 4 is 0 Å². The van der Waals surface area contributed by atoms with E-state index >= 15 is 0 Å². The Morgan fingerprint density at radius 3 is 1.57 bits per heavy atom. The van der Waals surface area contributed by atoms with E-state index in [-0.39, 0.29) is 0 Å². The van der Waals surface area contributed by atoms with Crippen LogP contribution < -0.4 is 0 Å². The molecule has 0 aromatic rings. The van der Waals surface area contributed by atoms with Crippen molar-refractivity contribution in [2.75, 3.05) is 13.2 Å². The molecule has 1 saturated heterocycles. The van der Waals surface area contributed by atoms with Gasteiger partial charge in [0, 0.05) is 0 Å². The average molecular weight is 198 g/mol. The van der Waals surface area contributed by atoms with Gasteiger partial charge in [-0.1, -0.05) is 47.0 Å². The van der Waals surface area contributed by atoms with E-state index in [2.05, 4.69) is 27.7 Å². The summed E-state index contributed by atoms with van der Waals surface area (Å²) in [6.07, 6.45) is 6.76. The van der Waals surface area contributed by atoms with Crippen LogP contribution in [0.5, 0.6) is 0 Å². The second-order valence-corrected chi connectivity index (χ2v) is 6.38. The highest BCUT2D eigenvalue weighted by Crippen LogP contribution is 2.30. The first-order chi connectivity index (χ1) is 6.41. The highest BCUT2D eigenvalue weighted by molar-refractivity contribution is 4.73. The maximum absolute atomic E-state index is 5.84. The topological polar surface area (TPSA) is 9.23 Å². The Morgan fingerprint density at radius 1 is 0.714 bits per heavy atom. The van der Waals surface area contributed by atoms with Crippen LogP contribution >= 0.6 is 0 Å². The van der Waals surface area contributed by atoms with Gasteiger partial charge in [-0.15, -0.1) is 0 Å². The van der Waals surface area contributed by atoms with Gasteiger partial charge < -0.3 is 4.74 Å². The molecule has 1 aliphatic rings. The van der Waals surface area contributed by atoms with Crippen LogP contribution in [-0.2, 0) is 4.74 Å². The molecule has 0 bridgehead atoms. The summed E-state index contributed by atoms with van der Waals surface area (Å²) in [4.78, 5) is 0.